The van der Waals surface area contributed by atoms with E-state index in [1.807, 2.05) is 20.2 Å². The van der Waals surface area contributed by atoms with E-state index < -0.39 is 0 Å². The SMILES string of the molecule is CCCn1ncc(N(C)C2CCC(NC)CC2)c(Br)c1=O. The first-order chi connectivity index (χ1) is 10.1. The Labute approximate surface area is 134 Å². The number of nitrogens with one attached hydrogen (secondary N) is 1. The highest BCUT2D eigenvalue weighted by atomic mass is 79.9. The van der Waals surface area contributed by atoms with Crippen molar-refractivity contribution in [1.82, 2.24) is 15.1 Å². The van der Waals surface area contributed by atoms with E-state index in [2.05, 4.69) is 38.3 Å². The minimum atomic E-state index is -0.0369. The summed E-state index contributed by atoms with van der Waals surface area (Å²) in [5.41, 5.74) is 0.866. The average Bonchev–Trinajstić information content (AvgIpc) is 2.52. The molecule has 0 amide bonds. The van der Waals surface area contributed by atoms with Gasteiger partial charge >= 0.3 is 0 Å². The fraction of sp³-hybridized carbons (Fsp3) is 0.733. The summed E-state index contributed by atoms with van der Waals surface area (Å²) in [5, 5.41) is 7.65. The van der Waals surface area contributed by atoms with Crippen LogP contribution in [0.1, 0.15) is 39.0 Å². The molecule has 118 valence electrons. The molecule has 1 aromatic rings. The second-order valence-corrected chi connectivity index (χ2v) is 6.57. The maximum Gasteiger partial charge on any atom is 0.283 e. The third-order valence-corrected chi connectivity index (χ3v) is 5.18. The Hall–Kier alpha value is -0.880. The summed E-state index contributed by atoms with van der Waals surface area (Å²) in [6, 6.07) is 1.11. The summed E-state index contributed by atoms with van der Waals surface area (Å²) in [5.74, 6) is 0. The number of hydrogen-bond acceptors (Lipinski definition) is 4. The first-order valence-electron chi connectivity index (χ1n) is 7.74. The molecule has 1 aliphatic carbocycles. The fourth-order valence-electron chi connectivity index (χ4n) is 3.02. The van der Waals surface area contributed by atoms with E-state index in [4.69, 9.17) is 0 Å². The molecule has 6 heteroatoms. The minimum absolute atomic E-state index is 0.0369. The molecule has 1 heterocycles. The quantitative estimate of drug-likeness (QED) is 0.879. The smallest absolute Gasteiger partial charge is 0.283 e. The third kappa shape index (κ3) is 3.66. The molecule has 0 unspecified atom stereocenters. The summed E-state index contributed by atoms with van der Waals surface area (Å²) in [7, 11) is 4.10. The van der Waals surface area contributed by atoms with Crippen molar-refractivity contribution < 1.29 is 0 Å². The molecule has 0 spiro atoms. The molecule has 5 nitrogen and oxygen atoms in total. The summed E-state index contributed by atoms with van der Waals surface area (Å²) in [6.45, 7) is 2.71. The lowest BCUT2D eigenvalue weighted by Gasteiger charge is -2.36. The molecular formula is C15H25BrN4O. The van der Waals surface area contributed by atoms with Crippen molar-refractivity contribution >= 4 is 21.6 Å². The van der Waals surface area contributed by atoms with Gasteiger partial charge in [0, 0.05) is 25.7 Å². The van der Waals surface area contributed by atoms with Crippen LogP contribution in [0.4, 0.5) is 5.69 Å². The Kier molecular flexibility index (Phi) is 5.81. The zero-order chi connectivity index (χ0) is 15.4. The van der Waals surface area contributed by atoms with Crippen molar-refractivity contribution in [2.24, 2.45) is 0 Å². The summed E-state index contributed by atoms with van der Waals surface area (Å²) >= 11 is 3.47. The second-order valence-electron chi connectivity index (χ2n) is 5.78. The van der Waals surface area contributed by atoms with Crippen LogP contribution in [0.2, 0.25) is 0 Å². The zero-order valence-corrected chi connectivity index (χ0v) is 14.7. The Balaban J connectivity index is 2.14. The van der Waals surface area contributed by atoms with E-state index in [9.17, 15) is 4.79 Å². The van der Waals surface area contributed by atoms with Gasteiger partial charge in [0.25, 0.3) is 5.56 Å². The Morgan fingerprint density at radius 1 is 1.43 bits per heavy atom. The lowest BCUT2D eigenvalue weighted by molar-refractivity contribution is 0.351. The fourth-order valence-corrected chi connectivity index (χ4v) is 3.61. The van der Waals surface area contributed by atoms with E-state index >= 15 is 0 Å². The first kappa shape index (κ1) is 16.5. The van der Waals surface area contributed by atoms with E-state index in [0.717, 1.165) is 24.9 Å². The van der Waals surface area contributed by atoms with Crippen molar-refractivity contribution in [3.8, 4) is 0 Å². The lowest BCUT2D eigenvalue weighted by atomic mass is 9.90. The van der Waals surface area contributed by atoms with Crippen LogP contribution in [0.15, 0.2) is 15.5 Å². The molecule has 0 bridgehead atoms. The van der Waals surface area contributed by atoms with Gasteiger partial charge in [0.05, 0.1) is 11.9 Å². The summed E-state index contributed by atoms with van der Waals surface area (Å²) in [6.07, 6.45) is 7.37. The van der Waals surface area contributed by atoms with Gasteiger partial charge in [0.2, 0.25) is 0 Å². The number of aryl methyl sites for hydroxylation is 1. The minimum Gasteiger partial charge on any atom is -0.369 e. The van der Waals surface area contributed by atoms with Crippen LogP contribution in [0.25, 0.3) is 0 Å². The molecule has 1 N–H and O–H groups in total. The van der Waals surface area contributed by atoms with Crippen molar-refractivity contribution in [3.63, 3.8) is 0 Å². The monoisotopic (exact) mass is 356 g/mol. The number of nitrogens with zero attached hydrogens (tertiary/aromatic N) is 3. The topological polar surface area (TPSA) is 50.2 Å². The van der Waals surface area contributed by atoms with Crippen molar-refractivity contribution in [2.45, 2.75) is 57.7 Å². The number of anilines is 1. The van der Waals surface area contributed by atoms with Crippen LogP contribution < -0.4 is 15.8 Å². The van der Waals surface area contributed by atoms with Gasteiger partial charge in [-0.2, -0.15) is 5.10 Å². The first-order valence-corrected chi connectivity index (χ1v) is 8.53. The van der Waals surface area contributed by atoms with E-state index in [0.29, 0.717) is 23.1 Å². The molecule has 0 aliphatic heterocycles. The Morgan fingerprint density at radius 3 is 2.67 bits per heavy atom. The molecule has 21 heavy (non-hydrogen) atoms. The van der Waals surface area contributed by atoms with E-state index in [1.165, 1.54) is 17.5 Å². The van der Waals surface area contributed by atoms with Crippen molar-refractivity contribution in [1.29, 1.82) is 0 Å². The maximum atomic E-state index is 12.3. The molecule has 1 fully saturated rings. The van der Waals surface area contributed by atoms with Gasteiger partial charge in [-0.25, -0.2) is 4.68 Å². The highest BCUT2D eigenvalue weighted by Gasteiger charge is 2.25. The normalized spacial score (nSPS) is 22.3. The van der Waals surface area contributed by atoms with Gasteiger partial charge in [-0.3, -0.25) is 4.79 Å². The van der Waals surface area contributed by atoms with Crippen molar-refractivity contribution in [2.75, 3.05) is 19.0 Å². The van der Waals surface area contributed by atoms with Gasteiger partial charge in [0.1, 0.15) is 4.47 Å². The molecule has 2 rings (SSSR count). The van der Waals surface area contributed by atoms with Crippen LogP contribution in [0, 0.1) is 0 Å². The van der Waals surface area contributed by atoms with Gasteiger partial charge in [-0.1, -0.05) is 6.92 Å². The van der Waals surface area contributed by atoms with Gasteiger partial charge in [0.15, 0.2) is 0 Å². The highest BCUT2D eigenvalue weighted by Crippen LogP contribution is 2.29. The van der Waals surface area contributed by atoms with Crippen LogP contribution >= 0.6 is 15.9 Å². The summed E-state index contributed by atoms with van der Waals surface area (Å²) in [4.78, 5) is 14.5. The van der Waals surface area contributed by atoms with Crippen LogP contribution in [0.5, 0.6) is 0 Å². The Morgan fingerprint density at radius 2 is 2.10 bits per heavy atom. The molecule has 1 aliphatic rings. The molecule has 1 aromatic heterocycles. The highest BCUT2D eigenvalue weighted by molar-refractivity contribution is 9.10. The molecular weight excluding hydrogens is 332 g/mol. The van der Waals surface area contributed by atoms with Gasteiger partial charge in [-0.05, 0) is 55.1 Å². The second kappa shape index (κ2) is 7.40. The van der Waals surface area contributed by atoms with Gasteiger partial charge < -0.3 is 10.2 Å². The predicted molar refractivity (Wildman–Crippen MR) is 90.0 cm³/mol. The van der Waals surface area contributed by atoms with Crippen LogP contribution in [0.3, 0.4) is 0 Å². The summed E-state index contributed by atoms with van der Waals surface area (Å²) < 4.78 is 2.16. The number of hydrogen-bond donors (Lipinski definition) is 1. The van der Waals surface area contributed by atoms with Gasteiger partial charge in [-0.15, -0.1) is 0 Å². The molecule has 1 saturated carbocycles. The standard InChI is InChI=1S/C15H25BrN4O/c1-4-9-20-15(21)14(16)13(10-18-20)19(3)12-7-5-11(17-2)6-8-12/h10-12,17H,4-9H2,1-3H3. The Bertz CT molecular complexity index is 523. The number of rotatable bonds is 5. The predicted octanol–water partition coefficient (Wildman–Crippen LogP) is 2.38. The lowest BCUT2D eigenvalue weighted by Crippen LogP contribution is -2.40. The van der Waals surface area contributed by atoms with Crippen LogP contribution in [-0.2, 0) is 6.54 Å². The number of halogens is 1. The molecule has 0 atom stereocenters. The molecule has 0 saturated heterocycles. The average molecular weight is 357 g/mol. The maximum absolute atomic E-state index is 12.3. The molecule has 0 radical (unpaired) electrons. The number of aromatic nitrogens is 2. The van der Waals surface area contributed by atoms with E-state index in [-0.39, 0.29) is 5.56 Å². The molecule has 0 aromatic carbocycles. The van der Waals surface area contributed by atoms with E-state index in [1.54, 1.807) is 0 Å². The van der Waals surface area contributed by atoms with Crippen LogP contribution in [-0.4, -0.2) is 36.0 Å². The third-order valence-electron chi connectivity index (χ3n) is 4.43. The zero-order valence-electron chi connectivity index (χ0n) is 13.1. The largest absolute Gasteiger partial charge is 0.369 e. The van der Waals surface area contributed by atoms with Crippen molar-refractivity contribution in [3.05, 3.63) is 21.0 Å².